The number of halogens is 4. The Bertz CT molecular complexity index is 1290. The zero-order chi connectivity index (χ0) is 26.2. The molecule has 1 aliphatic carbocycles. The molecule has 10 heteroatoms. The van der Waals surface area contributed by atoms with Gasteiger partial charge in [-0.1, -0.05) is 58.5 Å². The van der Waals surface area contributed by atoms with Crippen molar-refractivity contribution in [2.45, 2.75) is 57.2 Å². The van der Waals surface area contributed by atoms with E-state index in [2.05, 4.69) is 31.0 Å². The van der Waals surface area contributed by atoms with E-state index < -0.39 is 17.7 Å². The lowest BCUT2D eigenvalue weighted by molar-refractivity contribution is -0.141. The summed E-state index contributed by atoms with van der Waals surface area (Å²) in [6.07, 6.45) is 0.686. The Morgan fingerprint density at radius 2 is 1.84 bits per heavy atom. The van der Waals surface area contributed by atoms with Crippen LogP contribution in [0.5, 0.6) is 0 Å². The number of benzene rings is 2. The number of aromatic nitrogens is 2. The molecule has 1 saturated heterocycles. The summed E-state index contributed by atoms with van der Waals surface area (Å²) in [5.41, 5.74) is 1.61. The van der Waals surface area contributed by atoms with Crippen LogP contribution in [0.25, 0.3) is 22.8 Å². The first kappa shape index (κ1) is 25.9. The molecule has 1 aromatic heterocycles. The Morgan fingerprint density at radius 3 is 2.51 bits per heavy atom. The van der Waals surface area contributed by atoms with Crippen LogP contribution in [0.2, 0.25) is 0 Å². The molecule has 0 bridgehead atoms. The van der Waals surface area contributed by atoms with E-state index in [1.807, 2.05) is 18.2 Å². The van der Waals surface area contributed by atoms with Crippen molar-refractivity contribution in [1.29, 1.82) is 0 Å². The van der Waals surface area contributed by atoms with Crippen LogP contribution >= 0.6 is 15.9 Å². The molecule has 3 aromatic rings. The zero-order valence-electron chi connectivity index (χ0n) is 20.1. The summed E-state index contributed by atoms with van der Waals surface area (Å²) in [4.78, 5) is 17.7. The molecule has 0 unspecified atom stereocenters. The highest BCUT2D eigenvalue weighted by Gasteiger charge is 2.36. The van der Waals surface area contributed by atoms with E-state index >= 15 is 0 Å². The zero-order valence-corrected chi connectivity index (χ0v) is 21.7. The minimum Gasteiger partial charge on any atom is -0.481 e. The van der Waals surface area contributed by atoms with Crippen molar-refractivity contribution >= 4 is 21.9 Å². The SMILES string of the molecule is O=C(O)[C@H]1CCN(Cc2ccc(-c3noc(-c4ccc(C5CCCCC5)c(C(F)(F)F)c4)n3)cc2Br)C1. The standard InChI is InChI=1S/C27H27BrF3N3O3/c28-23-13-17(6-7-19(23)14-34-11-10-20(15-34)26(35)36)24-32-25(37-33-24)18-8-9-21(16-4-2-1-3-5-16)22(12-18)27(29,30)31/h6-9,12-13,16,20H,1-5,10-11,14-15H2,(H,35,36)/t20-/m0/s1. The summed E-state index contributed by atoms with van der Waals surface area (Å²) in [7, 11) is 0. The van der Waals surface area contributed by atoms with Crippen molar-refractivity contribution in [3.05, 3.63) is 57.6 Å². The number of hydrogen-bond donors (Lipinski definition) is 1. The fourth-order valence-corrected chi connectivity index (χ4v) is 5.90. The molecule has 0 spiro atoms. The maximum Gasteiger partial charge on any atom is 0.416 e. The quantitative estimate of drug-likeness (QED) is 0.335. The molecule has 6 nitrogen and oxygen atoms in total. The third-order valence-electron chi connectivity index (χ3n) is 7.40. The molecule has 1 saturated carbocycles. The Morgan fingerprint density at radius 1 is 1.08 bits per heavy atom. The molecule has 1 aliphatic heterocycles. The minimum atomic E-state index is -4.47. The van der Waals surface area contributed by atoms with Gasteiger partial charge in [0.1, 0.15) is 0 Å². The van der Waals surface area contributed by atoms with Crippen LogP contribution in [0, 0.1) is 5.92 Å². The topological polar surface area (TPSA) is 79.5 Å². The lowest BCUT2D eigenvalue weighted by Gasteiger charge is -2.25. The fourth-order valence-electron chi connectivity index (χ4n) is 5.40. The third kappa shape index (κ3) is 5.75. The average Bonchev–Trinajstić information content (AvgIpc) is 3.55. The number of aliphatic carboxylic acids is 1. The lowest BCUT2D eigenvalue weighted by Crippen LogP contribution is -2.23. The van der Waals surface area contributed by atoms with Gasteiger partial charge in [-0.2, -0.15) is 18.2 Å². The van der Waals surface area contributed by atoms with Gasteiger partial charge in [0.15, 0.2) is 0 Å². The number of likely N-dealkylation sites (tertiary alicyclic amines) is 1. The highest BCUT2D eigenvalue weighted by Crippen LogP contribution is 2.42. The van der Waals surface area contributed by atoms with Gasteiger partial charge in [0.25, 0.3) is 5.89 Å². The predicted octanol–water partition coefficient (Wildman–Crippen LogP) is 7.14. The summed E-state index contributed by atoms with van der Waals surface area (Å²) in [5.74, 6) is -0.878. The van der Waals surface area contributed by atoms with Crippen LogP contribution in [-0.4, -0.2) is 39.2 Å². The van der Waals surface area contributed by atoms with E-state index in [-0.39, 0.29) is 29.1 Å². The van der Waals surface area contributed by atoms with Gasteiger partial charge in [0, 0.05) is 28.7 Å². The molecular formula is C27H27BrF3N3O3. The summed E-state index contributed by atoms with van der Waals surface area (Å²) >= 11 is 3.57. The van der Waals surface area contributed by atoms with E-state index in [0.717, 1.165) is 54.8 Å². The Balaban J connectivity index is 1.35. The van der Waals surface area contributed by atoms with Crippen molar-refractivity contribution in [3.8, 4) is 22.8 Å². The van der Waals surface area contributed by atoms with Gasteiger partial charge in [-0.25, -0.2) is 0 Å². The van der Waals surface area contributed by atoms with E-state index in [0.29, 0.717) is 30.6 Å². The summed E-state index contributed by atoms with van der Waals surface area (Å²) in [5, 5.41) is 13.2. The molecule has 2 heterocycles. The molecule has 196 valence electrons. The van der Waals surface area contributed by atoms with E-state index in [4.69, 9.17) is 4.52 Å². The average molecular weight is 578 g/mol. The van der Waals surface area contributed by atoms with Crippen LogP contribution in [0.15, 0.2) is 45.4 Å². The van der Waals surface area contributed by atoms with Crippen molar-refractivity contribution in [1.82, 2.24) is 15.0 Å². The van der Waals surface area contributed by atoms with Gasteiger partial charge >= 0.3 is 12.1 Å². The Hall–Kier alpha value is -2.72. The first-order valence-electron chi connectivity index (χ1n) is 12.5. The van der Waals surface area contributed by atoms with Gasteiger partial charge in [0.2, 0.25) is 5.82 Å². The number of carbonyl (C=O) groups is 1. The highest BCUT2D eigenvalue weighted by molar-refractivity contribution is 9.10. The third-order valence-corrected chi connectivity index (χ3v) is 8.14. The summed E-state index contributed by atoms with van der Waals surface area (Å²) in [6, 6.07) is 9.90. The second kappa shape index (κ2) is 10.6. The second-order valence-electron chi connectivity index (χ2n) is 9.92. The van der Waals surface area contributed by atoms with Crippen molar-refractivity contribution in [3.63, 3.8) is 0 Å². The fraction of sp³-hybridized carbons (Fsp3) is 0.444. The number of nitrogens with zero attached hydrogens (tertiary/aromatic N) is 3. The van der Waals surface area contributed by atoms with E-state index in [1.54, 1.807) is 12.1 Å². The molecule has 2 aromatic carbocycles. The number of carboxylic acid groups (broad SMARTS) is 1. The molecule has 1 atom stereocenters. The van der Waals surface area contributed by atoms with Crippen LogP contribution in [-0.2, 0) is 17.5 Å². The van der Waals surface area contributed by atoms with Crippen LogP contribution < -0.4 is 0 Å². The van der Waals surface area contributed by atoms with Gasteiger partial charge in [-0.15, -0.1) is 0 Å². The number of carboxylic acids is 1. The molecule has 37 heavy (non-hydrogen) atoms. The van der Waals surface area contributed by atoms with Crippen LogP contribution in [0.3, 0.4) is 0 Å². The largest absolute Gasteiger partial charge is 0.481 e. The lowest BCUT2D eigenvalue weighted by atomic mass is 9.81. The number of hydrogen-bond acceptors (Lipinski definition) is 5. The maximum atomic E-state index is 14.0. The van der Waals surface area contributed by atoms with Crippen molar-refractivity contribution < 1.29 is 27.6 Å². The molecule has 5 rings (SSSR count). The number of alkyl halides is 3. The smallest absolute Gasteiger partial charge is 0.416 e. The van der Waals surface area contributed by atoms with Crippen molar-refractivity contribution in [2.24, 2.45) is 5.92 Å². The molecule has 2 fully saturated rings. The molecule has 0 amide bonds. The summed E-state index contributed by atoms with van der Waals surface area (Å²) < 4.78 is 48.0. The molecule has 0 radical (unpaired) electrons. The van der Waals surface area contributed by atoms with Gasteiger partial charge in [-0.3, -0.25) is 9.69 Å². The van der Waals surface area contributed by atoms with E-state index in [9.17, 15) is 23.1 Å². The molecular weight excluding hydrogens is 551 g/mol. The maximum absolute atomic E-state index is 14.0. The monoisotopic (exact) mass is 577 g/mol. The first-order valence-corrected chi connectivity index (χ1v) is 13.3. The van der Waals surface area contributed by atoms with Gasteiger partial charge in [0.05, 0.1) is 11.5 Å². The van der Waals surface area contributed by atoms with Gasteiger partial charge < -0.3 is 9.63 Å². The highest BCUT2D eigenvalue weighted by atomic mass is 79.9. The second-order valence-corrected chi connectivity index (χ2v) is 10.8. The minimum absolute atomic E-state index is 0.0349. The van der Waals surface area contributed by atoms with Gasteiger partial charge in [-0.05, 0) is 61.1 Å². The Labute approximate surface area is 221 Å². The molecule has 2 aliphatic rings. The van der Waals surface area contributed by atoms with Crippen LogP contribution in [0.1, 0.15) is 61.1 Å². The first-order chi connectivity index (χ1) is 17.7. The number of rotatable bonds is 6. The van der Waals surface area contributed by atoms with E-state index in [1.165, 1.54) is 0 Å². The summed E-state index contributed by atoms with van der Waals surface area (Å²) in [6.45, 7) is 1.84. The Kier molecular flexibility index (Phi) is 7.40. The van der Waals surface area contributed by atoms with Crippen molar-refractivity contribution in [2.75, 3.05) is 13.1 Å². The van der Waals surface area contributed by atoms with Crippen LogP contribution in [0.4, 0.5) is 13.2 Å². The molecule has 1 N–H and O–H groups in total. The predicted molar refractivity (Wildman–Crippen MR) is 135 cm³/mol. The normalized spacial score (nSPS) is 19.4.